The van der Waals surface area contributed by atoms with Crippen molar-refractivity contribution in [1.29, 1.82) is 0 Å². The first kappa shape index (κ1) is 34.3. The maximum absolute atomic E-state index is 13.4. The summed E-state index contributed by atoms with van der Waals surface area (Å²) in [5.41, 5.74) is 4.22. The van der Waals surface area contributed by atoms with E-state index < -0.39 is 0 Å². The average molecular weight is 626 g/mol. The smallest absolute Gasteiger partial charge is 0.246 e. The molecule has 4 rings (SSSR count). The normalized spacial score (nSPS) is 13.7. The van der Waals surface area contributed by atoms with Gasteiger partial charge in [0, 0.05) is 61.3 Å². The monoisotopic (exact) mass is 625 g/mol. The summed E-state index contributed by atoms with van der Waals surface area (Å²) in [7, 11) is 5.99. The molecule has 1 aliphatic rings. The first-order chi connectivity index (χ1) is 22.2. The van der Waals surface area contributed by atoms with Gasteiger partial charge in [-0.2, -0.15) is 0 Å². The number of nitrogens with zero attached hydrogens (tertiary/aromatic N) is 5. The highest BCUT2D eigenvalue weighted by molar-refractivity contribution is 5.94. The van der Waals surface area contributed by atoms with Crippen molar-refractivity contribution in [3.63, 3.8) is 0 Å². The van der Waals surface area contributed by atoms with Crippen molar-refractivity contribution in [2.45, 2.75) is 32.7 Å². The molecule has 0 bridgehead atoms. The highest BCUT2D eigenvalue weighted by Gasteiger charge is 2.27. The number of rotatable bonds is 15. The lowest BCUT2D eigenvalue weighted by molar-refractivity contribution is -0.130. The van der Waals surface area contributed by atoms with Crippen molar-refractivity contribution < 1.29 is 14.3 Å². The summed E-state index contributed by atoms with van der Waals surface area (Å²) in [6.07, 6.45) is 9.09. The third-order valence-corrected chi connectivity index (χ3v) is 7.79. The molecule has 0 aliphatic carbocycles. The van der Waals surface area contributed by atoms with Gasteiger partial charge in [-0.05, 0) is 88.9 Å². The second-order valence-electron chi connectivity index (χ2n) is 11.8. The van der Waals surface area contributed by atoms with Crippen molar-refractivity contribution in [1.82, 2.24) is 24.7 Å². The fraction of sp³-hybridized carbons (Fsp3) is 0.389. The number of piperidine rings is 1. The number of likely N-dealkylation sites (tertiary alicyclic amines) is 1. The van der Waals surface area contributed by atoms with Gasteiger partial charge in [-0.25, -0.2) is 9.97 Å². The lowest BCUT2D eigenvalue weighted by Gasteiger charge is -2.30. The van der Waals surface area contributed by atoms with E-state index in [9.17, 15) is 9.59 Å². The van der Waals surface area contributed by atoms with Crippen molar-refractivity contribution in [2.75, 3.05) is 64.6 Å². The number of likely N-dealkylation sites (N-methyl/N-ethyl adjacent to an activating group) is 1. The van der Waals surface area contributed by atoms with Crippen LogP contribution in [-0.4, -0.2) is 90.4 Å². The summed E-state index contributed by atoms with van der Waals surface area (Å²) in [5, 5.41) is 6.49. The van der Waals surface area contributed by atoms with Gasteiger partial charge in [0.15, 0.2) is 0 Å². The molecule has 0 spiro atoms. The van der Waals surface area contributed by atoms with Gasteiger partial charge in [0.1, 0.15) is 5.75 Å². The third-order valence-electron chi connectivity index (χ3n) is 7.79. The molecule has 0 unspecified atom stereocenters. The predicted molar refractivity (Wildman–Crippen MR) is 185 cm³/mol. The van der Waals surface area contributed by atoms with E-state index in [1.807, 2.05) is 78.5 Å². The zero-order valence-electron chi connectivity index (χ0n) is 27.5. The topological polar surface area (TPSA) is 103 Å². The van der Waals surface area contributed by atoms with Crippen LogP contribution in [0.5, 0.6) is 5.75 Å². The number of benzene rings is 2. The zero-order chi connectivity index (χ0) is 32.9. The number of hydrogen-bond donors (Lipinski definition) is 2. The molecule has 1 aromatic heterocycles. The molecule has 0 saturated carbocycles. The quantitative estimate of drug-likeness (QED) is 0.128. The number of nitrogens with one attached hydrogen (secondary N) is 2. The maximum Gasteiger partial charge on any atom is 0.246 e. The van der Waals surface area contributed by atoms with Gasteiger partial charge in [0.2, 0.25) is 17.8 Å². The van der Waals surface area contributed by atoms with Gasteiger partial charge in [-0.1, -0.05) is 31.2 Å². The summed E-state index contributed by atoms with van der Waals surface area (Å²) in [6.45, 7) is 9.87. The largest absolute Gasteiger partial charge is 0.493 e. The molecule has 2 N–H and O–H groups in total. The van der Waals surface area contributed by atoms with E-state index in [4.69, 9.17) is 9.72 Å². The van der Waals surface area contributed by atoms with E-state index >= 15 is 0 Å². The molecule has 2 amide bonds. The fourth-order valence-corrected chi connectivity index (χ4v) is 5.14. The van der Waals surface area contributed by atoms with E-state index in [-0.39, 0.29) is 17.7 Å². The summed E-state index contributed by atoms with van der Waals surface area (Å²) in [6, 6.07) is 15.7. The molecule has 1 aliphatic heterocycles. The molecular weight excluding hydrogens is 578 g/mol. The van der Waals surface area contributed by atoms with Crippen LogP contribution in [0.15, 0.2) is 79.5 Å². The molecule has 10 heteroatoms. The lowest BCUT2D eigenvalue weighted by Crippen LogP contribution is -2.40. The Hall–Kier alpha value is -4.54. The van der Waals surface area contributed by atoms with Crippen LogP contribution in [-0.2, 0) is 16.1 Å². The third kappa shape index (κ3) is 10.5. The van der Waals surface area contributed by atoms with E-state index in [0.29, 0.717) is 50.7 Å². The predicted octanol–water partition coefficient (Wildman–Crippen LogP) is 5.59. The molecule has 3 aromatic rings. The second kappa shape index (κ2) is 17.2. The van der Waals surface area contributed by atoms with E-state index in [2.05, 4.69) is 47.1 Å². The van der Waals surface area contributed by atoms with E-state index in [0.717, 1.165) is 47.8 Å². The van der Waals surface area contributed by atoms with Crippen LogP contribution in [0.25, 0.3) is 11.3 Å². The highest BCUT2D eigenvalue weighted by atomic mass is 16.5. The number of carbonyl (C=O) groups is 2. The summed E-state index contributed by atoms with van der Waals surface area (Å²) in [5.74, 6) is 1.03. The first-order valence-electron chi connectivity index (χ1n) is 15.9. The standard InChI is InChI=1S/C36H47N7O3/c1-6-8-21-46-32-12-9-11-29(24-32)33-14-17-37-36(40-33)39-31-23-27(26-42(5)7-2)22-30(25-31)38-35(45)28-15-19-43(20-16-28)34(44)13-10-18-41(3)4/h6,9-14,17,22-25,28H,1,7-8,15-16,18-21,26H2,2-5H3,(H,38,45)(H,37,39,40)/b13-10+. The number of amides is 2. The molecule has 1 saturated heterocycles. The van der Waals surface area contributed by atoms with Crippen LogP contribution in [0.1, 0.15) is 31.7 Å². The van der Waals surface area contributed by atoms with Crippen LogP contribution in [0, 0.1) is 5.92 Å². The van der Waals surface area contributed by atoms with Gasteiger partial charge in [-0.15, -0.1) is 6.58 Å². The molecule has 0 radical (unpaired) electrons. The molecule has 10 nitrogen and oxygen atoms in total. The number of ether oxygens (including phenoxy) is 1. The fourth-order valence-electron chi connectivity index (χ4n) is 5.14. The molecular formula is C36H47N7O3. The van der Waals surface area contributed by atoms with Gasteiger partial charge in [0.25, 0.3) is 0 Å². The summed E-state index contributed by atoms with van der Waals surface area (Å²) in [4.78, 5) is 41.1. The average Bonchev–Trinajstić information content (AvgIpc) is 3.05. The molecule has 46 heavy (non-hydrogen) atoms. The molecule has 244 valence electrons. The molecule has 2 aromatic carbocycles. The Morgan fingerprint density at radius 3 is 2.61 bits per heavy atom. The Morgan fingerprint density at radius 1 is 1.09 bits per heavy atom. The van der Waals surface area contributed by atoms with Crippen LogP contribution in [0.4, 0.5) is 17.3 Å². The van der Waals surface area contributed by atoms with Gasteiger partial charge in [0.05, 0.1) is 12.3 Å². The van der Waals surface area contributed by atoms with Crippen molar-refractivity contribution in [3.05, 3.63) is 85.1 Å². The molecule has 0 atom stereocenters. The van der Waals surface area contributed by atoms with Crippen LogP contribution in [0.2, 0.25) is 0 Å². The Labute approximate surface area is 273 Å². The van der Waals surface area contributed by atoms with Crippen molar-refractivity contribution in [3.8, 4) is 17.0 Å². The van der Waals surface area contributed by atoms with Crippen molar-refractivity contribution in [2.24, 2.45) is 5.92 Å². The highest BCUT2D eigenvalue weighted by Crippen LogP contribution is 2.27. The zero-order valence-corrected chi connectivity index (χ0v) is 27.5. The summed E-state index contributed by atoms with van der Waals surface area (Å²) >= 11 is 0. The SMILES string of the molecule is C=CCCOc1cccc(-c2ccnc(Nc3cc(CN(C)CC)cc(NC(=O)C4CCN(C(=O)/C=C/CN(C)C)CC4)c3)n2)c1. The van der Waals surface area contributed by atoms with E-state index in [1.54, 1.807) is 12.3 Å². The van der Waals surface area contributed by atoms with Gasteiger partial charge < -0.3 is 30.1 Å². The van der Waals surface area contributed by atoms with E-state index in [1.165, 1.54) is 0 Å². The Balaban J connectivity index is 1.45. The minimum atomic E-state index is -0.162. The number of aromatic nitrogens is 2. The number of anilines is 3. The number of carbonyl (C=O) groups excluding carboxylic acids is 2. The minimum Gasteiger partial charge on any atom is -0.493 e. The summed E-state index contributed by atoms with van der Waals surface area (Å²) < 4.78 is 5.82. The Morgan fingerprint density at radius 2 is 1.87 bits per heavy atom. The Bertz CT molecular complexity index is 1500. The van der Waals surface area contributed by atoms with Crippen LogP contribution >= 0.6 is 0 Å². The van der Waals surface area contributed by atoms with Crippen LogP contribution < -0.4 is 15.4 Å². The van der Waals surface area contributed by atoms with Gasteiger partial charge >= 0.3 is 0 Å². The molecule has 2 heterocycles. The second-order valence-corrected chi connectivity index (χ2v) is 11.8. The van der Waals surface area contributed by atoms with Crippen molar-refractivity contribution >= 4 is 29.1 Å². The van der Waals surface area contributed by atoms with Crippen LogP contribution in [0.3, 0.4) is 0 Å². The molecule has 1 fully saturated rings. The Kier molecular flexibility index (Phi) is 12.9. The maximum atomic E-state index is 13.4. The minimum absolute atomic E-state index is 0.0000128. The number of hydrogen-bond acceptors (Lipinski definition) is 8. The van der Waals surface area contributed by atoms with Gasteiger partial charge in [-0.3, -0.25) is 9.59 Å². The first-order valence-corrected chi connectivity index (χ1v) is 15.9. The lowest BCUT2D eigenvalue weighted by atomic mass is 9.95.